The van der Waals surface area contributed by atoms with Crippen LogP contribution < -0.4 is 4.74 Å². The number of hydrogen-bond donors (Lipinski definition) is 1. The minimum absolute atomic E-state index is 0.0987. The number of nitrogens with zero attached hydrogens (tertiary/aromatic N) is 3. The van der Waals surface area contributed by atoms with E-state index in [1.807, 2.05) is 0 Å². The minimum Gasteiger partial charge on any atom is -0.507 e. The van der Waals surface area contributed by atoms with Gasteiger partial charge in [-0.1, -0.05) is 27.7 Å². The molecule has 2 aromatic rings. The number of ketones is 1. The zero-order chi connectivity index (χ0) is 24.0. The molecule has 1 amide bonds. The number of Topliss-reactive ketones (excluding diaryl/α,β-unsaturated/α-hetero) is 1. The van der Waals surface area contributed by atoms with E-state index in [9.17, 15) is 14.7 Å². The summed E-state index contributed by atoms with van der Waals surface area (Å²) in [6.45, 7) is 11.6. The Kier molecular flexibility index (Phi) is 8.22. The molecule has 1 aromatic heterocycles. The molecule has 0 aliphatic carbocycles. The van der Waals surface area contributed by atoms with Gasteiger partial charge >= 0.3 is 0 Å². The number of likely N-dealkylation sites (N-methyl/N-ethyl adjacent to an activating group) is 1. The molecule has 176 valence electrons. The van der Waals surface area contributed by atoms with Crippen molar-refractivity contribution in [2.45, 2.75) is 33.7 Å². The molecular formula is C26H33N3O4. The van der Waals surface area contributed by atoms with Gasteiger partial charge in [-0.05, 0) is 61.0 Å². The number of benzene rings is 1. The van der Waals surface area contributed by atoms with E-state index in [0.29, 0.717) is 36.9 Å². The number of carbonyl (C=O) groups is 2. The first-order chi connectivity index (χ1) is 15.9. The van der Waals surface area contributed by atoms with Crippen LogP contribution in [-0.4, -0.2) is 64.4 Å². The third-order valence-electron chi connectivity index (χ3n) is 5.82. The molecular weight excluding hydrogens is 418 g/mol. The van der Waals surface area contributed by atoms with Crippen molar-refractivity contribution in [1.29, 1.82) is 0 Å². The summed E-state index contributed by atoms with van der Waals surface area (Å²) in [4.78, 5) is 33.9. The van der Waals surface area contributed by atoms with Crippen molar-refractivity contribution in [2.75, 3.05) is 32.8 Å². The summed E-state index contributed by atoms with van der Waals surface area (Å²) >= 11 is 0. The summed E-state index contributed by atoms with van der Waals surface area (Å²) in [5, 5.41) is 11.1. The molecule has 0 saturated carbocycles. The summed E-state index contributed by atoms with van der Waals surface area (Å²) in [7, 11) is 0. The van der Waals surface area contributed by atoms with Crippen molar-refractivity contribution in [2.24, 2.45) is 5.92 Å². The second-order valence-electron chi connectivity index (χ2n) is 8.53. The van der Waals surface area contributed by atoms with Crippen LogP contribution in [0.1, 0.15) is 44.9 Å². The van der Waals surface area contributed by atoms with Crippen molar-refractivity contribution in [3.8, 4) is 5.75 Å². The maximum absolute atomic E-state index is 13.1. The summed E-state index contributed by atoms with van der Waals surface area (Å²) in [6, 6.07) is 9.81. The van der Waals surface area contributed by atoms with E-state index >= 15 is 0 Å². The lowest BCUT2D eigenvalue weighted by molar-refractivity contribution is -0.140. The van der Waals surface area contributed by atoms with Gasteiger partial charge < -0.3 is 19.6 Å². The zero-order valence-corrected chi connectivity index (χ0v) is 19.8. The van der Waals surface area contributed by atoms with Crippen LogP contribution in [0.4, 0.5) is 0 Å². The molecule has 0 bridgehead atoms. The van der Waals surface area contributed by atoms with Gasteiger partial charge in [-0.15, -0.1) is 0 Å². The largest absolute Gasteiger partial charge is 0.507 e. The Morgan fingerprint density at radius 3 is 2.30 bits per heavy atom. The number of pyridine rings is 1. The van der Waals surface area contributed by atoms with Crippen LogP contribution in [-0.2, 0) is 9.59 Å². The summed E-state index contributed by atoms with van der Waals surface area (Å²) in [5.41, 5.74) is 1.30. The van der Waals surface area contributed by atoms with Gasteiger partial charge in [0.25, 0.3) is 11.7 Å². The molecule has 3 rings (SSSR count). The van der Waals surface area contributed by atoms with Crippen molar-refractivity contribution in [3.05, 3.63) is 65.5 Å². The molecule has 33 heavy (non-hydrogen) atoms. The topological polar surface area (TPSA) is 83.0 Å². The molecule has 0 radical (unpaired) electrons. The van der Waals surface area contributed by atoms with E-state index in [2.05, 4.69) is 37.6 Å². The van der Waals surface area contributed by atoms with Gasteiger partial charge in [-0.25, -0.2) is 0 Å². The van der Waals surface area contributed by atoms with Crippen LogP contribution in [0.5, 0.6) is 5.75 Å². The molecule has 7 heteroatoms. The van der Waals surface area contributed by atoms with Crippen LogP contribution in [0, 0.1) is 5.92 Å². The molecule has 1 fully saturated rings. The molecule has 1 aromatic carbocycles. The lowest BCUT2D eigenvalue weighted by Crippen LogP contribution is -2.38. The summed E-state index contributed by atoms with van der Waals surface area (Å²) < 4.78 is 5.71. The van der Waals surface area contributed by atoms with Crippen molar-refractivity contribution in [3.63, 3.8) is 0 Å². The molecule has 1 N–H and O–H groups in total. The average Bonchev–Trinajstić information content (AvgIpc) is 3.08. The third kappa shape index (κ3) is 5.60. The number of likely N-dealkylation sites (tertiary alicyclic amines) is 1. The first kappa shape index (κ1) is 24.5. The average molecular weight is 452 g/mol. The van der Waals surface area contributed by atoms with Gasteiger partial charge in [0.2, 0.25) is 0 Å². The van der Waals surface area contributed by atoms with Gasteiger partial charge in [0.15, 0.2) is 0 Å². The van der Waals surface area contributed by atoms with Crippen LogP contribution in [0.25, 0.3) is 5.76 Å². The Morgan fingerprint density at radius 1 is 1.09 bits per heavy atom. The molecule has 2 heterocycles. The zero-order valence-electron chi connectivity index (χ0n) is 19.8. The van der Waals surface area contributed by atoms with Gasteiger partial charge in [0.05, 0.1) is 18.2 Å². The van der Waals surface area contributed by atoms with Crippen LogP contribution in [0.2, 0.25) is 0 Å². The smallest absolute Gasteiger partial charge is 0.295 e. The van der Waals surface area contributed by atoms with Crippen LogP contribution in [0.15, 0.2) is 54.4 Å². The lowest BCUT2D eigenvalue weighted by atomic mass is 9.96. The fourth-order valence-electron chi connectivity index (χ4n) is 3.92. The summed E-state index contributed by atoms with van der Waals surface area (Å²) in [5.74, 6) is -0.372. The van der Waals surface area contributed by atoms with E-state index in [4.69, 9.17) is 4.74 Å². The highest BCUT2D eigenvalue weighted by Crippen LogP contribution is 2.39. The predicted molar refractivity (Wildman–Crippen MR) is 128 cm³/mol. The molecule has 0 unspecified atom stereocenters. The molecule has 1 aliphatic heterocycles. The minimum atomic E-state index is -0.672. The van der Waals surface area contributed by atoms with E-state index in [0.717, 1.165) is 18.7 Å². The van der Waals surface area contributed by atoms with Crippen molar-refractivity contribution >= 4 is 17.4 Å². The molecule has 1 aliphatic rings. The normalized spacial score (nSPS) is 17.9. The third-order valence-corrected chi connectivity index (χ3v) is 5.82. The lowest BCUT2D eigenvalue weighted by Gasteiger charge is -2.28. The fourth-order valence-corrected chi connectivity index (χ4v) is 3.92. The first-order valence-electron chi connectivity index (χ1n) is 11.5. The number of aliphatic hydroxyl groups is 1. The SMILES string of the molecule is CCN(CC)CCN1C(=O)C(=O)/C(=C(\O)c2ccc(OCC(C)C)cc2)[C@@H]1c1ccncc1. The quantitative estimate of drug-likeness (QED) is 0.335. The highest BCUT2D eigenvalue weighted by atomic mass is 16.5. The number of carbonyl (C=O) groups excluding carboxylic acids is 2. The highest BCUT2D eigenvalue weighted by molar-refractivity contribution is 6.46. The van der Waals surface area contributed by atoms with Crippen LogP contribution >= 0.6 is 0 Å². The molecule has 7 nitrogen and oxygen atoms in total. The van der Waals surface area contributed by atoms with Crippen molar-refractivity contribution in [1.82, 2.24) is 14.8 Å². The number of hydrogen-bond acceptors (Lipinski definition) is 6. The Labute approximate surface area is 195 Å². The van der Waals surface area contributed by atoms with E-state index < -0.39 is 17.7 Å². The molecule has 1 saturated heterocycles. The number of aliphatic hydroxyl groups excluding tert-OH is 1. The van der Waals surface area contributed by atoms with Gasteiger partial charge in [0.1, 0.15) is 11.5 Å². The maximum atomic E-state index is 13.1. The standard InChI is InChI=1S/C26H33N3O4/c1-5-28(6-2)15-16-29-23(19-11-13-27-14-12-19)22(25(31)26(29)32)24(30)20-7-9-21(10-8-20)33-17-18(3)4/h7-14,18,23,30H,5-6,15-17H2,1-4H3/b24-22-/t23-/m0/s1. The Bertz CT molecular complexity index is 982. The Balaban J connectivity index is 1.98. The fraction of sp³-hybridized carbons (Fsp3) is 0.423. The number of ether oxygens (including phenoxy) is 1. The van der Waals surface area contributed by atoms with Gasteiger partial charge in [0, 0.05) is 31.0 Å². The Morgan fingerprint density at radius 2 is 1.73 bits per heavy atom. The number of aromatic nitrogens is 1. The highest BCUT2D eigenvalue weighted by Gasteiger charge is 2.45. The van der Waals surface area contributed by atoms with E-state index in [1.54, 1.807) is 53.7 Å². The van der Waals surface area contributed by atoms with Gasteiger partial charge in [-0.3, -0.25) is 14.6 Å². The van der Waals surface area contributed by atoms with Gasteiger partial charge in [-0.2, -0.15) is 0 Å². The molecule has 1 atom stereocenters. The second-order valence-corrected chi connectivity index (χ2v) is 8.53. The van der Waals surface area contributed by atoms with Crippen molar-refractivity contribution < 1.29 is 19.4 Å². The Hall–Kier alpha value is -3.19. The number of amides is 1. The van der Waals surface area contributed by atoms with E-state index in [1.165, 1.54) is 0 Å². The van der Waals surface area contributed by atoms with E-state index in [-0.39, 0.29) is 11.3 Å². The maximum Gasteiger partial charge on any atom is 0.295 e. The number of rotatable bonds is 10. The molecule has 0 spiro atoms. The van der Waals surface area contributed by atoms with Crippen LogP contribution in [0.3, 0.4) is 0 Å². The second kappa shape index (κ2) is 11.1. The summed E-state index contributed by atoms with van der Waals surface area (Å²) in [6.07, 6.45) is 3.25. The first-order valence-corrected chi connectivity index (χ1v) is 11.5. The predicted octanol–water partition coefficient (Wildman–Crippen LogP) is 3.88. The monoisotopic (exact) mass is 451 g/mol.